The van der Waals surface area contributed by atoms with E-state index in [0.717, 1.165) is 22.2 Å². The molecule has 0 fully saturated rings. The number of anilines is 1. The Bertz CT molecular complexity index is 1330. The summed E-state index contributed by atoms with van der Waals surface area (Å²) >= 11 is 5.24. The van der Waals surface area contributed by atoms with E-state index in [0.29, 0.717) is 28.3 Å². The highest BCUT2D eigenvalue weighted by atomic mass is 32.1. The lowest BCUT2D eigenvalue weighted by Crippen LogP contribution is -2.34. The fourth-order valence-corrected chi connectivity index (χ4v) is 3.65. The number of fused-ring (bicyclic) bond motifs is 1. The Labute approximate surface area is 184 Å². The molecule has 4 rings (SSSR count). The molecular formula is C24H21N3O3S. The predicted molar refractivity (Wildman–Crippen MR) is 125 cm³/mol. The summed E-state index contributed by atoms with van der Waals surface area (Å²) in [5.41, 5.74) is 5.92. The summed E-state index contributed by atoms with van der Waals surface area (Å²) < 4.78 is 5.88. The minimum Gasteiger partial charge on any atom is -0.507 e. The number of carbonyl (C=O) groups is 1. The minimum absolute atomic E-state index is 0.0149. The molecule has 0 unspecified atom stereocenters. The maximum atomic E-state index is 12.4. The molecule has 1 aromatic heterocycles. The van der Waals surface area contributed by atoms with Gasteiger partial charge in [-0.15, -0.1) is 0 Å². The SMILES string of the molecule is Cc1cc(C)c2oc(-c3ccc(NC(=S)NC(=O)c4ccccc4C)cc3O)nc2c1. The molecule has 4 aromatic rings. The van der Waals surface area contributed by atoms with Crippen LogP contribution in [0.2, 0.25) is 0 Å². The van der Waals surface area contributed by atoms with E-state index in [1.165, 1.54) is 6.07 Å². The number of nitrogens with one attached hydrogen (secondary N) is 2. The fraction of sp³-hybridized carbons (Fsp3) is 0.125. The first-order valence-electron chi connectivity index (χ1n) is 9.71. The number of phenolic OH excluding ortho intramolecular Hbond substituents is 1. The summed E-state index contributed by atoms with van der Waals surface area (Å²) in [7, 11) is 0. The number of aryl methyl sites for hydroxylation is 3. The standard InChI is InChI=1S/C24H21N3O3S/c1-13-10-15(3)21-19(11-13)26-23(30-21)18-9-8-16(12-20(18)28)25-24(31)27-22(29)17-7-5-4-6-14(17)2/h4-12,28H,1-3H3,(H2,25,27,29,31). The van der Waals surface area contributed by atoms with Crippen molar-refractivity contribution in [2.45, 2.75) is 20.8 Å². The van der Waals surface area contributed by atoms with Crippen LogP contribution in [0.25, 0.3) is 22.6 Å². The summed E-state index contributed by atoms with van der Waals surface area (Å²) in [6.07, 6.45) is 0. The van der Waals surface area contributed by atoms with Gasteiger partial charge in [-0.05, 0) is 73.9 Å². The van der Waals surface area contributed by atoms with Crippen LogP contribution in [-0.4, -0.2) is 21.1 Å². The van der Waals surface area contributed by atoms with Gasteiger partial charge < -0.3 is 14.8 Å². The number of amides is 1. The molecule has 7 heteroatoms. The van der Waals surface area contributed by atoms with Crippen LogP contribution < -0.4 is 10.6 Å². The van der Waals surface area contributed by atoms with Gasteiger partial charge in [0, 0.05) is 17.3 Å². The van der Waals surface area contributed by atoms with Crippen molar-refractivity contribution in [1.29, 1.82) is 0 Å². The molecule has 1 heterocycles. The van der Waals surface area contributed by atoms with E-state index in [1.807, 2.05) is 45.0 Å². The lowest BCUT2D eigenvalue weighted by molar-refractivity contribution is 0.0977. The van der Waals surface area contributed by atoms with Crippen molar-refractivity contribution < 1.29 is 14.3 Å². The average molecular weight is 432 g/mol. The van der Waals surface area contributed by atoms with E-state index in [-0.39, 0.29) is 16.8 Å². The number of hydrogen-bond donors (Lipinski definition) is 3. The lowest BCUT2D eigenvalue weighted by Gasteiger charge is -2.11. The van der Waals surface area contributed by atoms with Gasteiger partial charge in [-0.1, -0.05) is 24.3 Å². The smallest absolute Gasteiger partial charge is 0.257 e. The van der Waals surface area contributed by atoms with Gasteiger partial charge in [0.1, 0.15) is 11.3 Å². The summed E-state index contributed by atoms with van der Waals surface area (Å²) in [5, 5.41) is 16.2. The number of phenols is 1. The molecule has 31 heavy (non-hydrogen) atoms. The highest BCUT2D eigenvalue weighted by Gasteiger charge is 2.15. The molecule has 0 aliphatic heterocycles. The van der Waals surface area contributed by atoms with Crippen molar-refractivity contribution in [3.8, 4) is 17.2 Å². The second-order valence-corrected chi connectivity index (χ2v) is 7.81. The van der Waals surface area contributed by atoms with Gasteiger partial charge in [0.05, 0.1) is 5.56 Å². The van der Waals surface area contributed by atoms with Gasteiger partial charge in [0.15, 0.2) is 10.7 Å². The van der Waals surface area contributed by atoms with Crippen LogP contribution in [0.4, 0.5) is 5.69 Å². The Balaban J connectivity index is 1.51. The summed E-state index contributed by atoms with van der Waals surface area (Å²) in [5.74, 6) is 0.0238. The lowest BCUT2D eigenvalue weighted by atomic mass is 10.1. The fourth-order valence-electron chi connectivity index (χ4n) is 3.44. The first-order chi connectivity index (χ1) is 14.8. The summed E-state index contributed by atoms with van der Waals surface area (Å²) in [4.78, 5) is 16.9. The Morgan fingerprint density at radius 2 is 1.81 bits per heavy atom. The minimum atomic E-state index is -0.298. The summed E-state index contributed by atoms with van der Waals surface area (Å²) in [6.45, 7) is 5.82. The Kier molecular flexibility index (Phi) is 5.44. The third-order valence-electron chi connectivity index (χ3n) is 4.92. The third kappa shape index (κ3) is 4.27. The van der Waals surface area contributed by atoms with E-state index in [9.17, 15) is 9.90 Å². The number of oxazole rings is 1. The van der Waals surface area contributed by atoms with Gasteiger partial charge in [-0.25, -0.2) is 4.98 Å². The normalized spacial score (nSPS) is 10.8. The number of aromatic nitrogens is 1. The second kappa shape index (κ2) is 8.20. The van der Waals surface area contributed by atoms with E-state index in [1.54, 1.807) is 24.3 Å². The van der Waals surface area contributed by atoms with Crippen molar-refractivity contribution in [2.24, 2.45) is 0 Å². The third-order valence-corrected chi connectivity index (χ3v) is 5.13. The molecule has 0 atom stereocenters. The Morgan fingerprint density at radius 1 is 1.03 bits per heavy atom. The molecule has 1 amide bonds. The quantitative estimate of drug-likeness (QED) is 0.384. The van der Waals surface area contributed by atoms with Crippen LogP contribution in [-0.2, 0) is 0 Å². The summed E-state index contributed by atoms with van der Waals surface area (Å²) in [6, 6.07) is 16.2. The van der Waals surface area contributed by atoms with Crippen LogP contribution >= 0.6 is 12.2 Å². The van der Waals surface area contributed by atoms with E-state index < -0.39 is 0 Å². The van der Waals surface area contributed by atoms with Crippen molar-refractivity contribution in [3.63, 3.8) is 0 Å². The highest BCUT2D eigenvalue weighted by molar-refractivity contribution is 7.80. The van der Waals surface area contributed by atoms with Crippen LogP contribution in [0.3, 0.4) is 0 Å². The average Bonchev–Trinajstić information content (AvgIpc) is 3.12. The van der Waals surface area contributed by atoms with Crippen molar-refractivity contribution in [2.75, 3.05) is 5.32 Å². The van der Waals surface area contributed by atoms with Crippen LogP contribution in [0.1, 0.15) is 27.0 Å². The van der Waals surface area contributed by atoms with Crippen molar-refractivity contribution in [3.05, 3.63) is 76.9 Å². The van der Waals surface area contributed by atoms with Crippen molar-refractivity contribution >= 4 is 40.0 Å². The molecular weight excluding hydrogens is 410 g/mol. The van der Waals surface area contributed by atoms with E-state index in [4.69, 9.17) is 16.6 Å². The molecule has 0 saturated carbocycles. The van der Waals surface area contributed by atoms with E-state index in [2.05, 4.69) is 15.6 Å². The number of rotatable bonds is 3. The zero-order valence-corrected chi connectivity index (χ0v) is 18.1. The molecule has 6 nitrogen and oxygen atoms in total. The number of aromatic hydroxyl groups is 1. The topological polar surface area (TPSA) is 87.4 Å². The molecule has 0 bridgehead atoms. The van der Waals surface area contributed by atoms with Gasteiger partial charge in [-0.3, -0.25) is 10.1 Å². The van der Waals surface area contributed by atoms with Crippen LogP contribution in [0, 0.1) is 20.8 Å². The first-order valence-corrected chi connectivity index (χ1v) is 10.1. The largest absolute Gasteiger partial charge is 0.507 e. The number of thiocarbonyl (C=S) groups is 1. The number of carbonyl (C=O) groups excluding carboxylic acids is 1. The zero-order chi connectivity index (χ0) is 22.1. The monoisotopic (exact) mass is 431 g/mol. The van der Waals surface area contributed by atoms with Gasteiger partial charge in [-0.2, -0.15) is 0 Å². The second-order valence-electron chi connectivity index (χ2n) is 7.40. The van der Waals surface area contributed by atoms with Gasteiger partial charge >= 0.3 is 0 Å². The first kappa shape index (κ1) is 20.6. The van der Waals surface area contributed by atoms with Crippen LogP contribution in [0.15, 0.2) is 59.0 Å². The molecule has 0 spiro atoms. The van der Waals surface area contributed by atoms with Crippen molar-refractivity contribution in [1.82, 2.24) is 10.3 Å². The predicted octanol–water partition coefficient (Wildman–Crippen LogP) is 5.25. The Morgan fingerprint density at radius 3 is 2.55 bits per heavy atom. The van der Waals surface area contributed by atoms with Gasteiger partial charge in [0.2, 0.25) is 5.89 Å². The molecule has 0 aliphatic rings. The molecule has 3 aromatic carbocycles. The molecule has 0 saturated heterocycles. The van der Waals surface area contributed by atoms with Gasteiger partial charge in [0.25, 0.3) is 5.91 Å². The maximum Gasteiger partial charge on any atom is 0.257 e. The van der Waals surface area contributed by atoms with E-state index >= 15 is 0 Å². The molecule has 156 valence electrons. The molecule has 0 aliphatic carbocycles. The Hall–Kier alpha value is -3.71. The highest BCUT2D eigenvalue weighted by Crippen LogP contribution is 2.34. The number of hydrogen-bond acceptors (Lipinski definition) is 5. The van der Waals surface area contributed by atoms with Crippen LogP contribution in [0.5, 0.6) is 5.75 Å². The number of nitrogens with zero attached hydrogens (tertiary/aromatic N) is 1. The molecule has 3 N–H and O–H groups in total. The maximum absolute atomic E-state index is 12.4. The number of benzene rings is 3. The zero-order valence-electron chi connectivity index (χ0n) is 17.3. The molecule has 0 radical (unpaired) electrons.